The number of hydrogen-bond acceptors (Lipinski definition) is 8. The molecule has 6 rings (SSSR count). The number of tetrazole rings is 1. The molecule has 0 saturated carbocycles. The minimum Gasteiger partial charge on any atom is -0.364 e. The fourth-order valence-corrected chi connectivity index (χ4v) is 5.49. The lowest BCUT2D eigenvalue weighted by Gasteiger charge is -2.27. The van der Waals surface area contributed by atoms with Crippen molar-refractivity contribution in [2.45, 2.75) is 26.1 Å². The number of hydrogen-bond donors (Lipinski definition) is 1. The quantitative estimate of drug-likeness (QED) is 0.460. The van der Waals surface area contributed by atoms with Gasteiger partial charge in [0.05, 0.1) is 17.6 Å². The van der Waals surface area contributed by atoms with E-state index in [9.17, 15) is 0 Å². The molecule has 1 aliphatic heterocycles. The van der Waals surface area contributed by atoms with E-state index in [4.69, 9.17) is 4.98 Å². The molecule has 31 heavy (non-hydrogen) atoms. The van der Waals surface area contributed by atoms with E-state index < -0.39 is 0 Å². The zero-order valence-corrected chi connectivity index (χ0v) is 17.6. The van der Waals surface area contributed by atoms with Gasteiger partial charge in [0.25, 0.3) is 5.78 Å². The highest BCUT2D eigenvalue weighted by atomic mass is 32.1. The van der Waals surface area contributed by atoms with Crippen LogP contribution in [0, 0.1) is 0 Å². The average Bonchev–Trinajstić information content (AvgIpc) is 3.43. The SMILES string of the molecule is c1ccc(CN2CCc3c(sc4c3c(NCc3ccccn3)nc3nnnn34)C2)cc1. The molecule has 0 fully saturated rings. The Morgan fingerprint density at radius 2 is 1.97 bits per heavy atom. The predicted molar refractivity (Wildman–Crippen MR) is 120 cm³/mol. The molecule has 0 unspecified atom stereocenters. The Morgan fingerprint density at radius 3 is 2.84 bits per heavy atom. The lowest BCUT2D eigenvalue weighted by molar-refractivity contribution is 0.249. The predicted octanol–water partition coefficient (Wildman–Crippen LogP) is 3.30. The van der Waals surface area contributed by atoms with Crippen LogP contribution in [0.4, 0.5) is 5.82 Å². The van der Waals surface area contributed by atoms with E-state index in [0.717, 1.165) is 47.8 Å². The first kappa shape index (κ1) is 18.3. The van der Waals surface area contributed by atoms with Crippen molar-refractivity contribution in [2.24, 2.45) is 0 Å². The smallest absolute Gasteiger partial charge is 0.276 e. The third-order valence-electron chi connectivity index (χ3n) is 5.62. The highest BCUT2D eigenvalue weighted by molar-refractivity contribution is 7.19. The molecule has 5 heterocycles. The number of benzene rings is 1. The van der Waals surface area contributed by atoms with Crippen LogP contribution in [0.1, 0.15) is 21.7 Å². The van der Waals surface area contributed by atoms with E-state index in [0.29, 0.717) is 12.3 Å². The van der Waals surface area contributed by atoms with Gasteiger partial charge in [-0.1, -0.05) is 41.5 Å². The van der Waals surface area contributed by atoms with Crippen LogP contribution in [-0.2, 0) is 26.1 Å². The lowest BCUT2D eigenvalue weighted by Crippen LogP contribution is -2.29. The first-order chi connectivity index (χ1) is 15.3. The van der Waals surface area contributed by atoms with E-state index in [2.05, 4.69) is 61.1 Å². The summed E-state index contributed by atoms with van der Waals surface area (Å²) in [5.74, 6) is 1.34. The number of fused-ring (bicyclic) bond motifs is 5. The zero-order valence-electron chi connectivity index (χ0n) is 16.8. The van der Waals surface area contributed by atoms with Crippen LogP contribution in [0.15, 0.2) is 54.7 Å². The van der Waals surface area contributed by atoms with Crippen molar-refractivity contribution in [2.75, 3.05) is 11.9 Å². The molecule has 0 atom stereocenters. The van der Waals surface area contributed by atoms with E-state index >= 15 is 0 Å². The van der Waals surface area contributed by atoms with Crippen LogP contribution < -0.4 is 5.32 Å². The monoisotopic (exact) mass is 428 g/mol. The van der Waals surface area contributed by atoms with E-state index in [1.165, 1.54) is 16.0 Å². The largest absolute Gasteiger partial charge is 0.364 e. The molecule has 1 N–H and O–H groups in total. The molecule has 8 nitrogen and oxygen atoms in total. The summed E-state index contributed by atoms with van der Waals surface area (Å²) in [6.45, 7) is 3.50. The van der Waals surface area contributed by atoms with Crippen LogP contribution in [0.3, 0.4) is 0 Å². The molecule has 0 amide bonds. The molecule has 4 aromatic heterocycles. The summed E-state index contributed by atoms with van der Waals surface area (Å²) >= 11 is 1.77. The minimum absolute atomic E-state index is 0.510. The van der Waals surface area contributed by atoms with E-state index in [1.807, 2.05) is 18.2 Å². The van der Waals surface area contributed by atoms with Gasteiger partial charge in [0.2, 0.25) is 0 Å². The highest BCUT2D eigenvalue weighted by Gasteiger charge is 2.25. The number of nitrogens with zero attached hydrogens (tertiary/aromatic N) is 7. The van der Waals surface area contributed by atoms with Gasteiger partial charge < -0.3 is 5.32 Å². The number of pyridine rings is 1. The fraction of sp³-hybridized carbons (Fsp3) is 0.227. The third kappa shape index (κ3) is 3.41. The van der Waals surface area contributed by atoms with Gasteiger partial charge in [-0.15, -0.1) is 11.3 Å². The topological polar surface area (TPSA) is 84.1 Å². The second-order valence-corrected chi connectivity index (χ2v) is 8.74. The molecule has 0 saturated heterocycles. The number of anilines is 1. The molecule has 0 bridgehead atoms. The third-order valence-corrected chi connectivity index (χ3v) is 6.82. The molecule has 9 heteroatoms. The first-order valence-corrected chi connectivity index (χ1v) is 11.1. The lowest BCUT2D eigenvalue weighted by atomic mass is 10.0. The molecule has 5 aromatic rings. The van der Waals surface area contributed by atoms with Gasteiger partial charge in [-0.05, 0) is 40.1 Å². The van der Waals surface area contributed by atoms with Gasteiger partial charge in [-0.3, -0.25) is 9.88 Å². The molecule has 1 aliphatic rings. The van der Waals surface area contributed by atoms with Gasteiger partial charge >= 0.3 is 0 Å². The van der Waals surface area contributed by atoms with Gasteiger partial charge in [0, 0.05) is 30.7 Å². The standard InChI is InChI=1S/C22H20N8S/c1-2-6-15(7-3-1)13-29-11-9-17-18(14-29)31-21-19(17)20(25-22-26-27-28-30(21)22)24-12-16-8-4-5-10-23-16/h1-8,10H,9,11-14H2,(H,24,25,26,28). The van der Waals surface area contributed by atoms with Crippen molar-refractivity contribution in [3.8, 4) is 0 Å². The van der Waals surface area contributed by atoms with Crippen LogP contribution >= 0.6 is 11.3 Å². The molecule has 1 aromatic carbocycles. The summed E-state index contributed by atoms with van der Waals surface area (Å²) in [7, 11) is 0. The van der Waals surface area contributed by atoms with Crippen molar-refractivity contribution in [3.63, 3.8) is 0 Å². The van der Waals surface area contributed by atoms with Crippen molar-refractivity contribution >= 4 is 33.1 Å². The van der Waals surface area contributed by atoms with E-state index in [1.54, 1.807) is 22.0 Å². The first-order valence-electron chi connectivity index (χ1n) is 10.3. The maximum Gasteiger partial charge on any atom is 0.276 e. The summed E-state index contributed by atoms with van der Waals surface area (Å²) in [5, 5.41) is 16.7. The number of aromatic nitrogens is 6. The van der Waals surface area contributed by atoms with Crippen LogP contribution in [0.5, 0.6) is 0 Å². The number of nitrogens with one attached hydrogen (secondary N) is 1. The van der Waals surface area contributed by atoms with E-state index in [-0.39, 0.29) is 0 Å². The fourth-order valence-electron chi connectivity index (χ4n) is 4.16. The molecule has 0 aliphatic carbocycles. The second kappa shape index (κ2) is 7.68. The van der Waals surface area contributed by atoms with Crippen LogP contribution in [0.25, 0.3) is 16.0 Å². The minimum atomic E-state index is 0.510. The summed E-state index contributed by atoms with van der Waals surface area (Å²) in [4.78, 5) is 14.0. The number of thiophene rings is 1. The summed E-state index contributed by atoms with van der Waals surface area (Å²) in [6, 6.07) is 16.6. The Hall–Kier alpha value is -3.43. The van der Waals surface area contributed by atoms with Gasteiger partial charge in [-0.2, -0.15) is 9.50 Å². The van der Waals surface area contributed by atoms with Gasteiger partial charge in [-0.25, -0.2) is 0 Å². The van der Waals surface area contributed by atoms with Gasteiger partial charge in [0.1, 0.15) is 10.6 Å². The van der Waals surface area contributed by atoms with Crippen molar-refractivity contribution in [1.82, 2.24) is 34.9 Å². The highest BCUT2D eigenvalue weighted by Crippen LogP contribution is 2.38. The zero-order chi connectivity index (χ0) is 20.6. The molecular formula is C22H20N8S. The van der Waals surface area contributed by atoms with Crippen LogP contribution in [-0.4, -0.2) is 41.5 Å². The normalized spacial score (nSPS) is 14.2. The van der Waals surface area contributed by atoms with Crippen LogP contribution in [0.2, 0.25) is 0 Å². The second-order valence-electron chi connectivity index (χ2n) is 7.66. The summed E-state index contributed by atoms with van der Waals surface area (Å²) < 4.78 is 1.76. The molecule has 0 spiro atoms. The Kier molecular flexibility index (Phi) is 4.54. The number of rotatable bonds is 5. The Bertz CT molecular complexity index is 1350. The van der Waals surface area contributed by atoms with Crippen molar-refractivity contribution in [3.05, 3.63) is 76.4 Å². The molecule has 154 valence electrons. The summed E-state index contributed by atoms with van der Waals surface area (Å²) in [5.41, 5.74) is 3.67. The van der Waals surface area contributed by atoms with Gasteiger partial charge in [0.15, 0.2) is 0 Å². The Morgan fingerprint density at radius 1 is 1.06 bits per heavy atom. The summed E-state index contributed by atoms with van der Waals surface area (Å²) in [6.07, 6.45) is 2.79. The van der Waals surface area contributed by atoms with Crippen molar-refractivity contribution < 1.29 is 0 Å². The van der Waals surface area contributed by atoms with Crippen molar-refractivity contribution in [1.29, 1.82) is 0 Å². The molecular weight excluding hydrogens is 408 g/mol. The average molecular weight is 429 g/mol. The maximum absolute atomic E-state index is 4.73. The maximum atomic E-state index is 4.73. The molecule has 0 radical (unpaired) electrons. The Balaban J connectivity index is 1.37. The Labute approximate surface area is 182 Å².